The highest BCUT2D eigenvalue weighted by Gasteiger charge is 2.03. The van der Waals surface area contributed by atoms with Crippen LogP contribution in [0.15, 0.2) is 36.7 Å². The summed E-state index contributed by atoms with van der Waals surface area (Å²) in [6.07, 6.45) is 5.35. The number of nitrogens with zero attached hydrogens (tertiary/aromatic N) is 1. The lowest BCUT2D eigenvalue weighted by Crippen LogP contribution is -1.93. The quantitative estimate of drug-likeness (QED) is 0.848. The molecule has 1 radical (unpaired) electrons. The van der Waals surface area contributed by atoms with Gasteiger partial charge in [-0.15, -0.1) is 0 Å². The second-order valence-electron chi connectivity index (χ2n) is 3.84. The first-order valence-electron chi connectivity index (χ1n) is 5.35. The Bertz CT molecular complexity index is 465. The smallest absolute Gasteiger partial charge is 0.122 e. The molecule has 0 amide bonds. The van der Waals surface area contributed by atoms with E-state index < -0.39 is 0 Å². The highest BCUT2D eigenvalue weighted by atomic mass is 16.3. The van der Waals surface area contributed by atoms with Crippen LogP contribution in [0.25, 0.3) is 0 Å². The molecular formula is C14H14NO. The summed E-state index contributed by atoms with van der Waals surface area (Å²) in [6, 6.07) is 10.7. The summed E-state index contributed by atoms with van der Waals surface area (Å²) in [4.78, 5) is 4.07. The standard InChI is InChI=1S/C14H14NO/c1-11-4-2-6-13(14(11)16)8-7-12-5-3-9-15-10-12/h2-3,5-6,9-10,16H,7-8H2,1H3. The number of hydrogen-bond acceptors (Lipinski definition) is 2. The van der Waals surface area contributed by atoms with Crippen LogP contribution in [-0.2, 0) is 12.8 Å². The van der Waals surface area contributed by atoms with Gasteiger partial charge in [0.25, 0.3) is 0 Å². The summed E-state index contributed by atoms with van der Waals surface area (Å²) < 4.78 is 0. The van der Waals surface area contributed by atoms with Crippen LogP contribution in [0.5, 0.6) is 5.75 Å². The predicted octanol–water partition coefficient (Wildman–Crippen LogP) is 2.68. The van der Waals surface area contributed by atoms with Crippen LogP contribution in [0.3, 0.4) is 0 Å². The van der Waals surface area contributed by atoms with Crippen LogP contribution in [0.4, 0.5) is 0 Å². The van der Waals surface area contributed by atoms with Gasteiger partial charge >= 0.3 is 0 Å². The zero-order valence-electron chi connectivity index (χ0n) is 9.27. The van der Waals surface area contributed by atoms with Crippen molar-refractivity contribution in [2.45, 2.75) is 19.8 Å². The SMILES string of the molecule is Cc1[c]ccc(CCc2cccnc2)c1O. The average Bonchev–Trinajstić information content (AvgIpc) is 2.32. The van der Waals surface area contributed by atoms with Crippen molar-refractivity contribution in [2.24, 2.45) is 0 Å². The van der Waals surface area contributed by atoms with E-state index in [2.05, 4.69) is 11.1 Å². The number of rotatable bonds is 3. The molecule has 2 heteroatoms. The Kier molecular flexibility index (Phi) is 3.20. The summed E-state index contributed by atoms with van der Waals surface area (Å²) in [5, 5.41) is 9.83. The number of pyridine rings is 1. The molecule has 0 atom stereocenters. The third-order valence-electron chi connectivity index (χ3n) is 2.65. The Balaban J connectivity index is 2.08. The minimum atomic E-state index is 0.367. The molecule has 16 heavy (non-hydrogen) atoms. The van der Waals surface area contributed by atoms with Crippen LogP contribution in [0.1, 0.15) is 16.7 Å². The fraction of sp³-hybridized carbons (Fsp3) is 0.214. The minimum absolute atomic E-state index is 0.367. The van der Waals surface area contributed by atoms with Crippen LogP contribution < -0.4 is 0 Å². The molecule has 1 N–H and O–H groups in total. The van der Waals surface area contributed by atoms with Crippen LogP contribution in [-0.4, -0.2) is 10.1 Å². The van der Waals surface area contributed by atoms with E-state index in [-0.39, 0.29) is 0 Å². The Hall–Kier alpha value is -1.83. The van der Waals surface area contributed by atoms with Gasteiger partial charge in [0.15, 0.2) is 0 Å². The molecule has 0 spiro atoms. The topological polar surface area (TPSA) is 33.1 Å². The summed E-state index contributed by atoms with van der Waals surface area (Å²) >= 11 is 0. The van der Waals surface area contributed by atoms with Crippen LogP contribution >= 0.6 is 0 Å². The van der Waals surface area contributed by atoms with Gasteiger partial charge in [0.05, 0.1) is 0 Å². The molecule has 1 aromatic carbocycles. The van der Waals surface area contributed by atoms with Crippen LogP contribution in [0, 0.1) is 13.0 Å². The van der Waals surface area contributed by atoms with E-state index in [0.717, 1.165) is 24.0 Å². The van der Waals surface area contributed by atoms with E-state index in [9.17, 15) is 5.11 Å². The summed E-state index contributed by atoms with van der Waals surface area (Å²) in [5.74, 6) is 0.367. The zero-order valence-corrected chi connectivity index (χ0v) is 9.27. The molecule has 0 aliphatic carbocycles. The molecule has 0 saturated carbocycles. The maximum Gasteiger partial charge on any atom is 0.122 e. The molecular weight excluding hydrogens is 198 g/mol. The molecule has 1 heterocycles. The Labute approximate surface area is 95.6 Å². The third kappa shape index (κ3) is 2.40. The molecule has 1 aromatic heterocycles. The molecule has 0 unspecified atom stereocenters. The van der Waals surface area contributed by atoms with Crippen molar-refractivity contribution in [1.82, 2.24) is 4.98 Å². The first-order chi connectivity index (χ1) is 7.77. The number of aromatic nitrogens is 1. The first-order valence-corrected chi connectivity index (χ1v) is 5.35. The highest BCUT2D eigenvalue weighted by molar-refractivity contribution is 5.39. The summed E-state index contributed by atoms with van der Waals surface area (Å²) in [6.45, 7) is 1.86. The number of benzene rings is 1. The van der Waals surface area contributed by atoms with Gasteiger partial charge in [-0.1, -0.05) is 18.2 Å². The number of hydrogen-bond donors (Lipinski definition) is 1. The van der Waals surface area contributed by atoms with E-state index in [1.165, 1.54) is 5.56 Å². The number of phenols is 1. The van der Waals surface area contributed by atoms with Crippen molar-refractivity contribution in [3.63, 3.8) is 0 Å². The molecule has 81 valence electrons. The third-order valence-corrected chi connectivity index (χ3v) is 2.65. The molecule has 0 aliphatic heterocycles. The van der Waals surface area contributed by atoms with E-state index >= 15 is 0 Å². The number of phenolic OH excluding ortho intramolecular Hbond substituents is 1. The molecule has 2 rings (SSSR count). The van der Waals surface area contributed by atoms with Gasteiger partial charge in [-0.3, -0.25) is 4.98 Å². The van der Waals surface area contributed by atoms with Gasteiger partial charge in [0, 0.05) is 12.4 Å². The monoisotopic (exact) mass is 212 g/mol. The Morgan fingerprint density at radius 1 is 1.31 bits per heavy atom. The maximum absolute atomic E-state index is 9.83. The second-order valence-corrected chi connectivity index (χ2v) is 3.84. The molecule has 0 aliphatic rings. The molecule has 0 saturated heterocycles. The predicted molar refractivity (Wildman–Crippen MR) is 63.3 cm³/mol. The van der Waals surface area contributed by atoms with E-state index in [0.29, 0.717) is 5.75 Å². The van der Waals surface area contributed by atoms with E-state index in [4.69, 9.17) is 0 Å². The van der Waals surface area contributed by atoms with E-state index in [1.807, 2.05) is 37.4 Å². The largest absolute Gasteiger partial charge is 0.507 e. The summed E-state index contributed by atoms with van der Waals surface area (Å²) in [5.41, 5.74) is 2.97. The Morgan fingerprint density at radius 3 is 2.94 bits per heavy atom. The number of aromatic hydroxyl groups is 1. The first kappa shape index (κ1) is 10.7. The fourth-order valence-corrected chi connectivity index (χ4v) is 1.68. The van der Waals surface area contributed by atoms with Crippen LogP contribution in [0.2, 0.25) is 0 Å². The van der Waals surface area contributed by atoms with Gasteiger partial charge in [0.1, 0.15) is 5.75 Å². The van der Waals surface area contributed by atoms with Gasteiger partial charge in [-0.05, 0) is 48.6 Å². The minimum Gasteiger partial charge on any atom is -0.507 e. The van der Waals surface area contributed by atoms with E-state index in [1.54, 1.807) is 6.20 Å². The summed E-state index contributed by atoms with van der Waals surface area (Å²) in [7, 11) is 0. The lowest BCUT2D eigenvalue weighted by atomic mass is 10.0. The number of aryl methyl sites for hydroxylation is 3. The fourth-order valence-electron chi connectivity index (χ4n) is 1.68. The van der Waals surface area contributed by atoms with Crippen molar-refractivity contribution in [3.05, 3.63) is 59.4 Å². The lowest BCUT2D eigenvalue weighted by Gasteiger charge is -2.06. The van der Waals surface area contributed by atoms with Crippen molar-refractivity contribution in [1.29, 1.82) is 0 Å². The molecule has 2 aromatic rings. The average molecular weight is 212 g/mol. The molecule has 0 bridgehead atoms. The van der Waals surface area contributed by atoms with Crippen molar-refractivity contribution < 1.29 is 5.11 Å². The van der Waals surface area contributed by atoms with Gasteiger partial charge in [0.2, 0.25) is 0 Å². The van der Waals surface area contributed by atoms with Crippen molar-refractivity contribution >= 4 is 0 Å². The molecule has 0 fully saturated rings. The van der Waals surface area contributed by atoms with Crippen molar-refractivity contribution in [2.75, 3.05) is 0 Å². The Morgan fingerprint density at radius 2 is 2.19 bits per heavy atom. The van der Waals surface area contributed by atoms with Gasteiger partial charge in [-0.25, -0.2) is 0 Å². The zero-order chi connectivity index (χ0) is 11.4. The highest BCUT2D eigenvalue weighted by Crippen LogP contribution is 2.22. The molecule has 2 nitrogen and oxygen atoms in total. The second kappa shape index (κ2) is 4.79. The van der Waals surface area contributed by atoms with Gasteiger partial charge < -0.3 is 5.11 Å². The van der Waals surface area contributed by atoms with Gasteiger partial charge in [-0.2, -0.15) is 0 Å². The maximum atomic E-state index is 9.83. The van der Waals surface area contributed by atoms with Crippen molar-refractivity contribution in [3.8, 4) is 5.75 Å². The lowest BCUT2D eigenvalue weighted by molar-refractivity contribution is 0.463. The normalized spacial score (nSPS) is 10.3.